The van der Waals surface area contributed by atoms with Gasteiger partial charge in [-0.25, -0.2) is 0 Å². The molecule has 0 atom stereocenters. The topological polar surface area (TPSA) is 3.24 Å². The van der Waals surface area contributed by atoms with E-state index in [-0.39, 0.29) is 0 Å². The van der Waals surface area contributed by atoms with Gasteiger partial charge in [-0.1, -0.05) is 133 Å². The third-order valence-electron chi connectivity index (χ3n) is 8.29. The molecule has 0 fully saturated rings. The van der Waals surface area contributed by atoms with Crippen molar-refractivity contribution in [2.24, 2.45) is 0 Å². The van der Waals surface area contributed by atoms with E-state index in [1.807, 2.05) is 11.3 Å². The van der Waals surface area contributed by atoms with E-state index in [1.165, 1.54) is 53.6 Å². The number of rotatable bonds is 6. The van der Waals surface area contributed by atoms with Gasteiger partial charge in [0.15, 0.2) is 0 Å². The van der Waals surface area contributed by atoms with Crippen LogP contribution in [0.15, 0.2) is 176 Å². The predicted molar refractivity (Wildman–Crippen MR) is 190 cm³/mol. The van der Waals surface area contributed by atoms with Gasteiger partial charge < -0.3 is 4.90 Å². The molecule has 0 amide bonds. The maximum Gasteiger partial charge on any atom is 0.0462 e. The maximum absolute atomic E-state index is 2.33. The highest BCUT2D eigenvalue weighted by Crippen LogP contribution is 2.45. The minimum atomic E-state index is 1.12. The van der Waals surface area contributed by atoms with Crippen molar-refractivity contribution >= 4 is 48.6 Å². The van der Waals surface area contributed by atoms with Crippen LogP contribution in [0.5, 0.6) is 0 Å². The van der Waals surface area contributed by atoms with E-state index in [4.69, 9.17) is 0 Å². The summed E-state index contributed by atoms with van der Waals surface area (Å²) < 4.78 is 2.66. The Bertz CT molecular complexity index is 2180. The molecule has 1 nitrogen and oxygen atoms in total. The molecule has 0 aliphatic carbocycles. The highest BCUT2D eigenvalue weighted by molar-refractivity contribution is 7.26. The second kappa shape index (κ2) is 11.3. The third-order valence-corrected chi connectivity index (χ3v) is 9.50. The number of benzene rings is 7. The van der Waals surface area contributed by atoms with E-state index in [2.05, 4.69) is 181 Å². The van der Waals surface area contributed by atoms with Crippen LogP contribution in [0.3, 0.4) is 0 Å². The lowest BCUT2D eigenvalue weighted by molar-refractivity contribution is 1.28. The van der Waals surface area contributed by atoms with Crippen molar-refractivity contribution in [3.63, 3.8) is 0 Å². The molecule has 208 valence electrons. The molecule has 0 bridgehead atoms. The summed E-state index contributed by atoms with van der Waals surface area (Å²) in [5.41, 5.74) is 10.8. The summed E-state index contributed by atoms with van der Waals surface area (Å²) in [6, 6.07) is 63.2. The number of hydrogen-bond acceptors (Lipinski definition) is 2. The number of hydrogen-bond donors (Lipinski definition) is 0. The van der Waals surface area contributed by atoms with Gasteiger partial charge >= 0.3 is 0 Å². The van der Waals surface area contributed by atoms with Crippen molar-refractivity contribution in [2.75, 3.05) is 4.90 Å². The van der Waals surface area contributed by atoms with Gasteiger partial charge in [0.05, 0.1) is 0 Å². The molecule has 0 saturated heterocycles. The van der Waals surface area contributed by atoms with Crippen LogP contribution < -0.4 is 4.90 Å². The normalized spacial score (nSPS) is 11.2. The monoisotopic (exact) mass is 579 g/mol. The molecule has 0 aliphatic heterocycles. The zero-order valence-corrected chi connectivity index (χ0v) is 24.9. The van der Waals surface area contributed by atoms with Gasteiger partial charge in [0.1, 0.15) is 0 Å². The Morgan fingerprint density at radius 3 is 1.50 bits per heavy atom. The van der Waals surface area contributed by atoms with Gasteiger partial charge in [0.25, 0.3) is 0 Å². The van der Waals surface area contributed by atoms with Gasteiger partial charge in [-0.15, -0.1) is 11.3 Å². The minimum Gasteiger partial charge on any atom is -0.311 e. The Hall–Kier alpha value is -5.44. The zero-order chi connectivity index (χ0) is 29.3. The molecular formula is C42H29NS. The summed E-state index contributed by atoms with van der Waals surface area (Å²) in [7, 11) is 0. The molecule has 0 saturated carbocycles. The summed E-state index contributed by atoms with van der Waals surface area (Å²) in [4.78, 5) is 2.33. The second-order valence-corrected chi connectivity index (χ2v) is 12.0. The molecule has 8 aromatic rings. The lowest BCUT2D eigenvalue weighted by Crippen LogP contribution is -2.09. The predicted octanol–water partition coefficient (Wildman–Crippen LogP) is 12.5. The average molecular weight is 580 g/mol. The molecular weight excluding hydrogens is 551 g/mol. The number of fused-ring (bicyclic) bond motifs is 3. The Labute approximate surface area is 261 Å². The fraction of sp³-hybridized carbons (Fsp3) is 0. The third kappa shape index (κ3) is 4.76. The van der Waals surface area contributed by atoms with E-state index in [0.29, 0.717) is 0 Å². The standard InChI is InChI=1S/C42H29NS/c1-4-12-30(13-5-1)31-20-24-35(25-21-31)43(34-16-8-3-9-17-34)36-26-22-32(23-27-36)37-28-29-39-38-18-10-11-19-40(38)44-42(39)41(37)33-14-6-2-7-15-33/h1-29H. The lowest BCUT2D eigenvalue weighted by atomic mass is 9.92. The first kappa shape index (κ1) is 26.2. The van der Waals surface area contributed by atoms with Crippen molar-refractivity contribution in [1.82, 2.24) is 0 Å². The Balaban J connectivity index is 1.23. The Morgan fingerprint density at radius 1 is 0.341 bits per heavy atom. The van der Waals surface area contributed by atoms with Crippen LogP contribution in [0.2, 0.25) is 0 Å². The average Bonchev–Trinajstić information content (AvgIpc) is 3.49. The molecule has 0 radical (unpaired) electrons. The lowest BCUT2D eigenvalue weighted by Gasteiger charge is -2.26. The Kier molecular flexibility index (Phi) is 6.75. The molecule has 7 aromatic carbocycles. The summed E-state index contributed by atoms with van der Waals surface area (Å²) in [5.74, 6) is 0. The fourth-order valence-electron chi connectivity index (χ4n) is 6.17. The molecule has 0 unspecified atom stereocenters. The van der Waals surface area contributed by atoms with Crippen LogP contribution in [0, 0.1) is 0 Å². The van der Waals surface area contributed by atoms with Gasteiger partial charge in [0, 0.05) is 42.8 Å². The maximum atomic E-state index is 2.33. The van der Waals surface area contributed by atoms with E-state index in [0.717, 1.165) is 17.1 Å². The molecule has 0 aliphatic rings. The summed E-state index contributed by atoms with van der Waals surface area (Å²) in [6.07, 6.45) is 0. The number of nitrogens with zero attached hydrogens (tertiary/aromatic N) is 1. The zero-order valence-electron chi connectivity index (χ0n) is 24.1. The van der Waals surface area contributed by atoms with E-state index in [1.54, 1.807) is 0 Å². The van der Waals surface area contributed by atoms with Crippen LogP contribution in [-0.4, -0.2) is 0 Å². The van der Waals surface area contributed by atoms with Crippen LogP contribution in [0.25, 0.3) is 53.6 Å². The highest BCUT2D eigenvalue weighted by Gasteiger charge is 2.17. The first-order chi connectivity index (χ1) is 21.8. The van der Waals surface area contributed by atoms with Crippen molar-refractivity contribution in [2.45, 2.75) is 0 Å². The molecule has 2 heteroatoms. The number of anilines is 3. The van der Waals surface area contributed by atoms with Gasteiger partial charge in [-0.3, -0.25) is 0 Å². The molecule has 1 heterocycles. The summed E-state index contributed by atoms with van der Waals surface area (Å²) >= 11 is 1.89. The first-order valence-corrected chi connectivity index (χ1v) is 15.8. The molecule has 8 rings (SSSR count). The second-order valence-electron chi connectivity index (χ2n) is 11.0. The van der Waals surface area contributed by atoms with E-state index >= 15 is 0 Å². The smallest absolute Gasteiger partial charge is 0.0462 e. The number of para-hydroxylation sites is 1. The van der Waals surface area contributed by atoms with Gasteiger partial charge in [0.2, 0.25) is 0 Å². The van der Waals surface area contributed by atoms with Crippen LogP contribution in [-0.2, 0) is 0 Å². The van der Waals surface area contributed by atoms with Crippen molar-refractivity contribution in [3.8, 4) is 33.4 Å². The largest absolute Gasteiger partial charge is 0.311 e. The number of thiophene rings is 1. The van der Waals surface area contributed by atoms with Gasteiger partial charge in [-0.2, -0.15) is 0 Å². The van der Waals surface area contributed by atoms with Crippen molar-refractivity contribution < 1.29 is 0 Å². The molecule has 0 spiro atoms. The van der Waals surface area contributed by atoms with Gasteiger partial charge in [-0.05, 0) is 70.3 Å². The van der Waals surface area contributed by atoms with Crippen LogP contribution >= 0.6 is 11.3 Å². The first-order valence-electron chi connectivity index (χ1n) is 14.9. The summed E-state index contributed by atoms with van der Waals surface area (Å²) in [6.45, 7) is 0. The minimum absolute atomic E-state index is 1.12. The van der Waals surface area contributed by atoms with Crippen LogP contribution in [0.1, 0.15) is 0 Å². The Morgan fingerprint density at radius 2 is 0.841 bits per heavy atom. The van der Waals surface area contributed by atoms with E-state index < -0.39 is 0 Å². The molecule has 44 heavy (non-hydrogen) atoms. The van der Waals surface area contributed by atoms with Crippen LogP contribution in [0.4, 0.5) is 17.1 Å². The molecule has 0 N–H and O–H groups in total. The summed E-state index contributed by atoms with van der Waals surface area (Å²) in [5, 5.41) is 2.64. The van der Waals surface area contributed by atoms with E-state index in [9.17, 15) is 0 Å². The fourth-order valence-corrected chi connectivity index (χ4v) is 7.44. The van der Waals surface area contributed by atoms with Crippen molar-refractivity contribution in [1.29, 1.82) is 0 Å². The SMILES string of the molecule is c1ccc(-c2ccc(N(c3ccccc3)c3ccc(-c4ccc5c(sc6ccccc65)c4-c4ccccc4)cc3)cc2)cc1. The molecule has 1 aromatic heterocycles. The van der Waals surface area contributed by atoms with Crippen molar-refractivity contribution in [3.05, 3.63) is 176 Å². The highest BCUT2D eigenvalue weighted by atomic mass is 32.1. The quantitative estimate of drug-likeness (QED) is 0.189.